The van der Waals surface area contributed by atoms with Gasteiger partial charge >= 0.3 is 0 Å². The van der Waals surface area contributed by atoms with E-state index in [2.05, 4.69) is 5.32 Å². The quantitative estimate of drug-likeness (QED) is 0.819. The van der Waals surface area contributed by atoms with E-state index >= 15 is 0 Å². The van der Waals surface area contributed by atoms with Gasteiger partial charge in [0.2, 0.25) is 10.0 Å². The zero-order valence-corrected chi connectivity index (χ0v) is 15.1. The molecule has 0 radical (unpaired) electrons. The van der Waals surface area contributed by atoms with Crippen molar-refractivity contribution < 1.29 is 21.6 Å². The minimum absolute atomic E-state index is 0.0458. The molecule has 0 saturated carbocycles. The summed E-state index contributed by atoms with van der Waals surface area (Å²) in [5.41, 5.74) is 0. The third-order valence-electron chi connectivity index (χ3n) is 4.04. The molecule has 9 heteroatoms. The Morgan fingerprint density at radius 3 is 2.30 bits per heavy atom. The summed E-state index contributed by atoms with van der Waals surface area (Å²) in [6.07, 6.45) is 2.47. The molecule has 0 amide bonds. The molecule has 130 valence electrons. The number of nitrogens with one attached hydrogen (secondary N) is 1. The van der Waals surface area contributed by atoms with Crippen LogP contribution in [0.5, 0.6) is 5.75 Å². The molecular weight excluding hydrogens is 340 g/mol. The van der Waals surface area contributed by atoms with Crippen LogP contribution in [0.4, 0.5) is 0 Å². The second-order valence-corrected chi connectivity index (χ2v) is 9.57. The average Bonchev–Trinajstić information content (AvgIpc) is 2.53. The van der Waals surface area contributed by atoms with Crippen LogP contribution >= 0.6 is 0 Å². The molecule has 0 aliphatic carbocycles. The van der Waals surface area contributed by atoms with Gasteiger partial charge in [-0.2, -0.15) is 4.31 Å². The van der Waals surface area contributed by atoms with Crippen LogP contribution < -0.4 is 10.1 Å². The van der Waals surface area contributed by atoms with E-state index in [0.29, 0.717) is 12.8 Å². The van der Waals surface area contributed by atoms with E-state index in [1.165, 1.54) is 36.7 Å². The monoisotopic (exact) mass is 362 g/mol. The molecule has 1 N–H and O–H groups in total. The summed E-state index contributed by atoms with van der Waals surface area (Å²) in [7, 11) is -4.47. The van der Waals surface area contributed by atoms with Crippen molar-refractivity contribution in [3.63, 3.8) is 0 Å². The van der Waals surface area contributed by atoms with Gasteiger partial charge in [-0.1, -0.05) is 0 Å². The van der Waals surface area contributed by atoms with Crippen molar-refractivity contribution in [1.82, 2.24) is 9.62 Å². The lowest BCUT2D eigenvalue weighted by Crippen LogP contribution is -2.43. The summed E-state index contributed by atoms with van der Waals surface area (Å²) in [6, 6.07) is 3.77. The largest absolute Gasteiger partial charge is 0.495 e. The van der Waals surface area contributed by atoms with Crippen LogP contribution in [0.1, 0.15) is 12.8 Å². The smallest absolute Gasteiger partial charge is 0.246 e. The van der Waals surface area contributed by atoms with Gasteiger partial charge in [0, 0.05) is 19.3 Å². The van der Waals surface area contributed by atoms with E-state index in [-0.39, 0.29) is 21.6 Å². The van der Waals surface area contributed by atoms with Gasteiger partial charge in [-0.05, 0) is 44.1 Å². The Hall–Kier alpha value is -1.16. The van der Waals surface area contributed by atoms with Crippen LogP contribution in [0, 0.1) is 0 Å². The Morgan fingerprint density at radius 1 is 1.17 bits per heavy atom. The Morgan fingerprint density at radius 2 is 1.78 bits per heavy atom. The van der Waals surface area contributed by atoms with Gasteiger partial charge in [-0.15, -0.1) is 0 Å². The second kappa shape index (κ2) is 6.76. The van der Waals surface area contributed by atoms with Crippen LogP contribution in [-0.2, 0) is 19.9 Å². The number of ether oxygens (including phenoxy) is 1. The molecule has 0 unspecified atom stereocenters. The number of nitrogens with zero attached hydrogens (tertiary/aromatic N) is 1. The topological polar surface area (TPSA) is 92.8 Å². The van der Waals surface area contributed by atoms with E-state index in [4.69, 9.17) is 4.74 Å². The molecule has 0 spiro atoms. The predicted octanol–water partition coefficient (Wildman–Crippen LogP) is 0.471. The summed E-state index contributed by atoms with van der Waals surface area (Å²) in [5, 5.41) is 3.19. The zero-order chi connectivity index (χ0) is 17.3. The van der Waals surface area contributed by atoms with Gasteiger partial charge in [0.25, 0.3) is 0 Å². The average molecular weight is 362 g/mol. The van der Waals surface area contributed by atoms with Crippen molar-refractivity contribution in [3.8, 4) is 5.75 Å². The first-order valence-corrected chi connectivity index (χ1v) is 10.6. The molecular formula is C14H22N2O5S2. The Balaban J connectivity index is 2.49. The van der Waals surface area contributed by atoms with Crippen LogP contribution in [-0.4, -0.2) is 60.7 Å². The number of piperidine rings is 1. The summed E-state index contributed by atoms with van der Waals surface area (Å²) in [4.78, 5) is -0.167. The Labute approximate surface area is 137 Å². The fraction of sp³-hybridized carbons (Fsp3) is 0.571. The van der Waals surface area contributed by atoms with Crippen molar-refractivity contribution in [2.75, 3.05) is 33.5 Å². The molecule has 1 saturated heterocycles. The molecule has 7 nitrogen and oxygen atoms in total. The highest BCUT2D eigenvalue weighted by atomic mass is 32.2. The van der Waals surface area contributed by atoms with E-state index in [9.17, 15) is 16.8 Å². The summed E-state index contributed by atoms with van der Waals surface area (Å²) >= 11 is 0. The van der Waals surface area contributed by atoms with E-state index in [1.54, 1.807) is 0 Å². The highest BCUT2D eigenvalue weighted by Gasteiger charge is 2.32. The molecule has 2 rings (SSSR count). The third-order valence-corrected chi connectivity index (χ3v) is 7.08. The summed E-state index contributed by atoms with van der Waals surface area (Å²) < 4.78 is 55.7. The number of rotatable bonds is 5. The highest BCUT2D eigenvalue weighted by molar-refractivity contribution is 7.91. The standard InChI is InChI=1S/C14H22N2O5S2/c1-16(11-6-8-15-9-7-11)23(19,20)14-10-12(22(3,17)18)4-5-13(14)21-2/h4-5,10-11,15H,6-9H2,1-3H3. The number of hydrogen-bond acceptors (Lipinski definition) is 6. The van der Waals surface area contributed by atoms with Crippen LogP contribution in [0.3, 0.4) is 0 Å². The molecule has 1 aliphatic rings. The number of benzene rings is 1. The first kappa shape index (κ1) is 18.2. The SMILES string of the molecule is COc1ccc(S(C)(=O)=O)cc1S(=O)(=O)N(C)C1CCNCC1. The second-order valence-electron chi connectivity index (χ2n) is 5.59. The summed E-state index contributed by atoms with van der Waals surface area (Å²) in [6.45, 7) is 1.51. The van der Waals surface area contributed by atoms with E-state index in [1.807, 2.05) is 0 Å². The van der Waals surface area contributed by atoms with Crippen LogP contribution in [0.15, 0.2) is 28.0 Å². The lowest BCUT2D eigenvalue weighted by atomic mass is 10.1. The molecule has 1 aromatic rings. The van der Waals surface area contributed by atoms with E-state index in [0.717, 1.165) is 19.3 Å². The summed E-state index contributed by atoms with van der Waals surface area (Å²) in [5.74, 6) is 0.137. The first-order chi connectivity index (χ1) is 10.7. The maximum absolute atomic E-state index is 12.9. The highest BCUT2D eigenvalue weighted by Crippen LogP contribution is 2.30. The van der Waals surface area contributed by atoms with Gasteiger partial charge < -0.3 is 10.1 Å². The van der Waals surface area contributed by atoms with Crippen molar-refractivity contribution in [2.45, 2.75) is 28.7 Å². The molecule has 1 fully saturated rings. The van der Waals surface area contributed by atoms with Crippen molar-refractivity contribution in [3.05, 3.63) is 18.2 Å². The van der Waals surface area contributed by atoms with E-state index < -0.39 is 19.9 Å². The van der Waals surface area contributed by atoms with Crippen molar-refractivity contribution in [2.24, 2.45) is 0 Å². The predicted molar refractivity (Wildman–Crippen MR) is 86.9 cm³/mol. The van der Waals surface area contributed by atoms with Crippen LogP contribution in [0.2, 0.25) is 0 Å². The number of hydrogen-bond donors (Lipinski definition) is 1. The van der Waals surface area contributed by atoms with Crippen molar-refractivity contribution >= 4 is 19.9 Å². The maximum atomic E-state index is 12.9. The first-order valence-electron chi connectivity index (χ1n) is 7.25. The Bertz CT molecular complexity index is 768. The lowest BCUT2D eigenvalue weighted by molar-refractivity contribution is 0.295. The normalized spacial score (nSPS) is 17.4. The molecule has 23 heavy (non-hydrogen) atoms. The molecule has 0 bridgehead atoms. The molecule has 1 heterocycles. The molecule has 1 aliphatic heterocycles. The molecule has 0 atom stereocenters. The van der Waals surface area contributed by atoms with Gasteiger partial charge in [0.1, 0.15) is 10.6 Å². The fourth-order valence-corrected chi connectivity index (χ4v) is 4.93. The zero-order valence-electron chi connectivity index (χ0n) is 13.4. The molecule has 0 aromatic heterocycles. The maximum Gasteiger partial charge on any atom is 0.246 e. The lowest BCUT2D eigenvalue weighted by Gasteiger charge is -2.31. The van der Waals surface area contributed by atoms with Crippen LogP contribution in [0.25, 0.3) is 0 Å². The number of sulfone groups is 1. The van der Waals surface area contributed by atoms with Gasteiger partial charge in [-0.25, -0.2) is 16.8 Å². The van der Waals surface area contributed by atoms with Crippen molar-refractivity contribution in [1.29, 1.82) is 0 Å². The third kappa shape index (κ3) is 3.85. The van der Waals surface area contributed by atoms with Gasteiger partial charge in [0.15, 0.2) is 9.84 Å². The van der Waals surface area contributed by atoms with Gasteiger partial charge in [-0.3, -0.25) is 0 Å². The molecule has 1 aromatic carbocycles. The minimum Gasteiger partial charge on any atom is -0.495 e. The fourth-order valence-electron chi connectivity index (χ4n) is 2.61. The number of methoxy groups -OCH3 is 1. The Kier molecular flexibility index (Phi) is 5.34. The minimum atomic E-state index is -3.85. The van der Waals surface area contributed by atoms with Gasteiger partial charge in [0.05, 0.1) is 12.0 Å². The number of sulfonamides is 1.